The van der Waals surface area contributed by atoms with Crippen LogP contribution in [0.15, 0.2) is 0 Å². The number of carbonyl (C=O) groups is 1. The maximum absolute atomic E-state index is 12.3. The van der Waals surface area contributed by atoms with Gasteiger partial charge in [0.1, 0.15) is 0 Å². The zero-order chi connectivity index (χ0) is 14.5. The Hall–Kier alpha value is -0.780. The van der Waals surface area contributed by atoms with Gasteiger partial charge in [0.05, 0.1) is 6.54 Å². The molecule has 0 radical (unpaired) electrons. The van der Waals surface area contributed by atoms with Crippen LogP contribution in [0.5, 0.6) is 0 Å². The minimum absolute atomic E-state index is 0.0285. The molecule has 1 aliphatic rings. The first kappa shape index (κ1) is 16.3. The predicted octanol–water partition coefficient (Wildman–Crippen LogP) is 2.52. The molecule has 6 heteroatoms. The average molecular weight is 280 g/mol. The molecule has 1 aliphatic heterocycles. The highest BCUT2D eigenvalue weighted by Gasteiger charge is 2.32. The number of amides is 1. The SMILES string of the molecule is CCCC(C)C(=O)N1CCCN(CC(F)(F)F)CC1. The smallest absolute Gasteiger partial charge is 0.341 e. The fourth-order valence-corrected chi connectivity index (χ4v) is 2.47. The van der Waals surface area contributed by atoms with E-state index in [2.05, 4.69) is 0 Å². The maximum Gasteiger partial charge on any atom is 0.401 e. The summed E-state index contributed by atoms with van der Waals surface area (Å²) >= 11 is 0. The van der Waals surface area contributed by atoms with Gasteiger partial charge in [-0.15, -0.1) is 0 Å². The number of halogens is 3. The highest BCUT2D eigenvalue weighted by atomic mass is 19.4. The van der Waals surface area contributed by atoms with E-state index < -0.39 is 12.7 Å². The van der Waals surface area contributed by atoms with Crippen LogP contribution < -0.4 is 0 Å². The first-order valence-corrected chi connectivity index (χ1v) is 6.91. The van der Waals surface area contributed by atoms with E-state index in [9.17, 15) is 18.0 Å². The molecule has 0 aromatic heterocycles. The van der Waals surface area contributed by atoms with Gasteiger partial charge in [-0.05, 0) is 12.8 Å². The molecule has 1 fully saturated rings. The van der Waals surface area contributed by atoms with Gasteiger partial charge in [-0.3, -0.25) is 9.69 Å². The lowest BCUT2D eigenvalue weighted by Crippen LogP contribution is -2.40. The van der Waals surface area contributed by atoms with E-state index in [0.29, 0.717) is 32.6 Å². The van der Waals surface area contributed by atoms with Gasteiger partial charge in [-0.2, -0.15) is 13.2 Å². The van der Waals surface area contributed by atoms with Crippen molar-refractivity contribution in [2.45, 2.75) is 39.3 Å². The van der Waals surface area contributed by atoms with Crippen LogP contribution in [0.3, 0.4) is 0 Å². The highest BCUT2D eigenvalue weighted by molar-refractivity contribution is 5.78. The van der Waals surface area contributed by atoms with Crippen molar-refractivity contribution in [3.63, 3.8) is 0 Å². The van der Waals surface area contributed by atoms with E-state index in [1.165, 1.54) is 4.90 Å². The Kier molecular flexibility index (Phi) is 6.10. The Labute approximate surface area is 112 Å². The molecule has 1 atom stereocenters. The van der Waals surface area contributed by atoms with Crippen molar-refractivity contribution in [1.82, 2.24) is 9.80 Å². The molecule has 0 aliphatic carbocycles. The number of carbonyl (C=O) groups excluding carboxylic acids is 1. The number of hydrogen-bond donors (Lipinski definition) is 0. The second-order valence-electron chi connectivity index (χ2n) is 5.26. The van der Waals surface area contributed by atoms with Gasteiger partial charge in [0, 0.05) is 32.1 Å². The van der Waals surface area contributed by atoms with Gasteiger partial charge in [0.2, 0.25) is 5.91 Å². The van der Waals surface area contributed by atoms with Crippen LogP contribution in [0.25, 0.3) is 0 Å². The van der Waals surface area contributed by atoms with Crippen LogP contribution in [0.1, 0.15) is 33.1 Å². The van der Waals surface area contributed by atoms with Gasteiger partial charge in [-0.25, -0.2) is 0 Å². The molecule has 0 saturated carbocycles. The molecule has 112 valence electrons. The molecule has 0 bridgehead atoms. The summed E-state index contributed by atoms with van der Waals surface area (Å²) in [6, 6.07) is 0. The Morgan fingerprint density at radius 3 is 2.47 bits per heavy atom. The molecule has 1 saturated heterocycles. The Morgan fingerprint density at radius 1 is 1.21 bits per heavy atom. The molecule has 1 heterocycles. The van der Waals surface area contributed by atoms with Crippen molar-refractivity contribution < 1.29 is 18.0 Å². The minimum Gasteiger partial charge on any atom is -0.341 e. The summed E-state index contributed by atoms with van der Waals surface area (Å²) in [5.41, 5.74) is 0. The molecule has 3 nitrogen and oxygen atoms in total. The molecule has 1 amide bonds. The van der Waals surface area contributed by atoms with E-state index >= 15 is 0 Å². The predicted molar refractivity (Wildman–Crippen MR) is 67.8 cm³/mol. The summed E-state index contributed by atoms with van der Waals surface area (Å²) in [5, 5.41) is 0. The van der Waals surface area contributed by atoms with Gasteiger partial charge < -0.3 is 4.90 Å². The lowest BCUT2D eigenvalue weighted by atomic mass is 10.0. The van der Waals surface area contributed by atoms with E-state index in [1.54, 1.807) is 4.90 Å². The third-order valence-corrected chi connectivity index (χ3v) is 3.45. The summed E-state index contributed by atoms with van der Waals surface area (Å²) < 4.78 is 37.0. The van der Waals surface area contributed by atoms with E-state index in [-0.39, 0.29) is 11.8 Å². The summed E-state index contributed by atoms with van der Waals surface area (Å²) in [6.45, 7) is 4.74. The number of rotatable bonds is 4. The second kappa shape index (κ2) is 7.12. The van der Waals surface area contributed by atoms with Crippen LogP contribution in [0.2, 0.25) is 0 Å². The topological polar surface area (TPSA) is 23.6 Å². The van der Waals surface area contributed by atoms with E-state index in [1.807, 2.05) is 13.8 Å². The molecule has 0 aromatic rings. The number of alkyl halides is 3. The van der Waals surface area contributed by atoms with Crippen LogP contribution >= 0.6 is 0 Å². The summed E-state index contributed by atoms with van der Waals surface area (Å²) in [7, 11) is 0. The van der Waals surface area contributed by atoms with Gasteiger partial charge in [-0.1, -0.05) is 20.3 Å². The second-order valence-corrected chi connectivity index (χ2v) is 5.26. The van der Waals surface area contributed by atoms with Crippen molar-refractivity contribution in [3.05, 3.63) is 0 Å². The third kappa shape index (κ3) is 5.80. The lowest BCUT2D eigenvalue weighted by Gasteiger charge is -2.25. The third-order valence-electron chi connectivity index (χ3n) is 3.45. The maximum atomic E-state index is 12.3. The van der Waals surface area contributed by atoms with Gasteiger partial charge in [0.15, 0.2) is 0 Å². The molecule has 1 rings (SSSR count). The van der Waals surface area contributed by atoms with Crippen LogP contribution in [-0.4, -0.2) is 54.6 Å². The van der Waals surface area contributed by atoms with Crippen LogP contribution in [0, 0.1) is 5.92 Å². The zero-order valence-electron chi connectivity index (χ0n) is 11.7. The van der Waals surface area contributed by atoms with Crippen LogP contribution in [-0.2, 0) is 4.79 Å². The van der Waals surface area contributed by atoms with Gasteiger partial charge in [0.25, 0.3) is 0 Å². The molecule has 0 aromatic carbocycles. The molecule has 1 unspecified atom stereocenters. The van der Waals surface area contributed by atoms with Crippen molar-refractivity contribution in [2.75, 3.05) is 32.7 Å². The largest absolute Gasteiger partial charge is 0.401 e. The molecular formula is C13H23F3N2O. The van der Waals surface area contributed by atoms with Crippen molar-refractivity contribution in [3.8, 4) is 0 Å². The van der Waals surface area contributed by atoms with Gasteiger partial charge >= 0.3 is 6.18 Å². The minimum atomic E-state index is -4.16. The normalized spacial score (nSPS) is 20.2. The fraction of sp³-hybridized carbons (Fsp3) is 0.923. The average Bonchev–Trinajstić information content (AvgIpc) is 2.52. The van der Waals surface area contributed by atoms with Crippen molar-refractivity contribution >= 4 is 5.91 Å². The zero-order valence-corrected chi connectivity index (χ0v) is 11.7. The Morgan fingerprint density at radius 2 is 1.89 bits per heavy atom. The quantitative estimate of drug-likeness (QED) is 0.790. The number of hydrogen-bond acceptors (Lipinski definition) is 2. The standard InChI is InChI=1S/C13H23F3N2O/c1-3-5-11(2)12(19)18-7-4-6-17(8-9-18)10-13(14,15)16/h11H,3-10H2,1-2H3. The summed E-state index contributed by atoms with van der Waals surface area (Å²) in [5.74, 6) is 0.0508. The fourth-order valence-electron chi connectivity index (χ4n) is 2.47. The summed E-state index contributed by atoms with van der Waals surface area (Å²) in [4.78, 5) is 15.2. The molecule has 0 N–H and O–H groups in total. The van der Waals surface area contributed by atoms with E-state index in [4.69, 9.17) is 0 Å². The molecule has 0 spiro atoms. The first-order valence-electron chi connectivity index (χ1n) is 6.91. The highest BCUT2D eigenvalue weighted by Crippen LogP contribution is 2.18. The Balaban J connectivity index is 2.47. The summed E-state index contributed by atoms with van der Waals surface area (Å²) in [6.07, 6.45) is -1.77. The first-order chi connectivity index (χ1) is 8.83. The molecule has 19 heavy (non-hydrogen) atoms. The van der Waals surface area contributed by atoms with Crippen LogP contribution in [0.4, 0.5) is 13.2 Å². The van der Waals surface area contributed by atoms with Crippen molar-refractivity contribution in [1.29, 1.82) is 0 Å². The Bertz CT molecular complexity index is 294. The molecular weight excluding hydrogens is 257 g/mol. The monoisotopic (exact) mass is 280 g/mol. The number of nitrogens with zero attached hydrogens (tertiary/aromatic N) is 2. The van der Waals surface area contributed by atoms with E-state index in [0.717, 1.165) is 12.8 Å². The lowest BCUT2D eigenvalue weighted by molar-refractivity contribution is -0.145. The van der Waals surface area contributed by atoms with Crippen molar-refractivity contribution in [2.24, 2.45) is 5.92 Å².